The second-order valence-electron chi connectivity index (χ2n) is 7.98. The van der Waals surface area contributed by atoms with E-state index in [0.29, 0.717) is 17.3 Å². The monoisotopic (exact) mass is 469 g/mol. The number of halogens is 1. The lowest BCUT2D eigenvalue weighted by Crippen LogP contribution is -2.16. The van der Waals surface area contributed by atoms with E-state index in [1.807, 2.05) is 60.9 Å². The predicted octanol–water partition coefficient (Wildman–Crippen LogP) is 5.91. The average molecular weight is 470 g/mol. The highest BCUT2D eigenvalue weighted by Gasteiger charge is 2.19. The van der Waals surface area contributed by atoms with Crippen molar-refractivity contribution in [2.24, 2.45) is 10.7 Å². The Morgan fingerprint density at radius 3 is 2.65 bits per heavy atom. The Balaban J connectivity index is 1.55. The average Bonchev–Trinajstić information content (AvgIpc) is 3.52. The number of nitrogens with zero attached hydrogens (tertiary/aromatic N) is 2. The third-order valence-corrected chi connectivity index (χ3v) is 6.08. The lowest BCUT2D eigenvalue weighted by molar-refractivity contribution is 0.416. The van der Waals surface area contributed by atoms with Gasteiger partial charge >= 0.3 is 0 Å². The maximum atomic E-state index is 6.43. The van der Waals surface area contributed by atoms with Crippen LogP contribution in [0.25, 0.3) is 22.2 Å². The van der Waals surface area contributed by atoms with Crippen LogP contribution in [0.5, 0.6) is 5.75 Å². The SMILES string of the molecule is COc1ccccc1-c1cnc([C@@H](Cc2c[nH]c3ccccc23)N=C(N)c2ccc(Cl)cc2)[nH]1. The number of aromatic nitrogens is 3. The van der Waals surface area contributed by atoms with Gasteiger partial charge in [0.15, 0.2) is 0 Å². The van der Waals surface area contributed by atoms with Gasteiger partial charge in [0.1, 0.15) is 23.5 Å². The van der Waals surface area contributed by atoms with Crippen molar-refractivity contribution in [2.45, 2.75) is 12.5 Å². The number of fused-ring (bicyclic) bond motifs is 1. The van der Waals surface area contributed by atoms with Gasteiger partial charge in [-0.1, -0.05) is 41.9 Å². The molecule has 1 atom stereocenters. The summed E-state index contributed by atoms with van der Waals surface area (Å²) in [5.74, 6) is 1.93. The molecule has 0 bridgehead atoms. The highest BCUT2D eigenvalue weighted by molar-refractivity contribution is 6.30. The Labute approximate surface area is 202 Å². The Morgan fingerprint density at radius 1 is 1.06 bits per heavy atom. The molecule has 0 spiro atoms. The number of imidazole rings is 1. The summed E-state index contributed by atoms with van der Waals surface area (Å²) in [6, 6.07) is 23.1. The molecule has 0 saturated carbocycles. The Kier molecular flexibility index (Phi) is 6.06. The lowest BCUT2D eigenvalue weighted by Gasteiger charge is -2.12. The first-order chi connectivity index (χ1) is 16.6. The van der Waals surface area contributed by atoms with Crippen LogP contribution < -0.4 is 10.5 Å². The van der Waals surface area contributed by atoms with Gasteiger partial charge in [0.05, 0.1) is 19.0 Å². The Bertz CT molecular complexity index is 1450. The summed E-state index contributed by atoms with van der Waals surface area (Å²) in [5, 5.41) is 1.81. The molecule has 5 aromatic rings. The van der Waals surface area contributed by atoms with Crippen LogP contribution in [-0.4, -0.2) is 27.9 Å². The predicted molar refractivity (Wildman–Crippen MR) is 137 cm³/mol. The van der Waals surface area contributed by atoms with Crippen molar-refractivity contribution < 1.29 is 4.74 Å². The Hall–Kier alpha value is -4.03. The van der Waals surface area contributed by atoms with Crippen LogP contribution in [0.4, 0.5) is 0 Å². The van der Waals surface area contributed by atoms with E-state index in [-0.39, 0.29) is 6.04 Å². The number of hydrogen-bond donors (Lipinski definition) is 3. The molecule has 4 N–H and O–H groups in total. The molecule has 0 amide bonds. The third kappa shape index (κ3) is 4.40. The van der Waals surface area contributed by atoms with Gasteiger partial charge in [-0.25, -0.2) is 4.98 Å². The molecule has 0 fully saturated rings. The van der Waals surface area contributed by atoms with Crippen molar-refractivity contribution in [3.8, 4) is 17.0 Å². The number of ether oxygens (including phenoxy) is 1. The molecule has 2 heterocycles. The van der Waals surface area contributed by atoms with Gasteiger partial charge in [-0.3, -0.25) is 4.99 Å². The number of methoxy groups -OCH3 is 1. The van der Waals surface area contributed by atoms with Crippen LogP contribution in [0.1, 0.15) is 23.0 Å². The topological polar surface area (TPSA) is 92.1 Å². The number of aliphatic imine (C=N–C) groups is 1. The van der Waals surface area contributed by atoms with Gasteiger partial charge in [-0.2, -0.15) is 0 Å². The third-order valence-electron chi connectivity index (χ3n) is 5.83. The fraction of sp³-hybridized carbons (Fsp3) is 0.111. The number of amidine groups is 1. The molecule has 7 heteroatoms. The van der Waals surface area contributed by atoms with Gasteiger partial charge in [0.2, 0.25) is 0 Å². The van der Waals surface area contributed by atoms with Crippen LogP contribution >= 0.6 is 11.6 Å². The van der Waals surface area contributed by atoms with E-state index in [0.717, 1.165) is 44.9 Å². The molecule has 6 nitrogen and oxygen atoms in total. The van der Waals surface area contributed by atoms with Crippen molar-refractivity contribution in [3.63, 3.8) is 0 Å². The molecule has 0 unspecified atom stereocenters. The number of H-pyrrole nitrogens is 2. The van der Waals surface area contributed by atoms with Crippen LogP contribution in [0.2, 0.25) is 5.02 Å². The van der Waals surface area contributed by atoms with Crippen LogP contribution in [-0.2, 0) is 6.42 Å². The summed E-state index contributed by atoms with van der Waals surface area (Å²) in [7, 11) is 1.66. The lowest BCUT2D eigenvalue weighted by atomic mass is 10.0. The number of nitrogens with one attached hydrogen (secondary N) is 2. The van der Waals surface area contributed by atoms with Crippen LogP contribution in [0.15, 0.2) is 90.2 Å². The van der Waals surface area contributed by atoms with E-state index >= 15 is 0 Å². The molecule has 34 heavy (non-hydrogen) atoms. The maximum absolute atomic E-state index is 6.43. The van der Waals surface area contributed by atoms with Gasteiger partial charge in [-0.15, -0.1) is 0 Å². The van der Waals surface area contributed by atoms with E-state index in [4.69, 9.17) is 27.1 Å². The fourth-order valence-corrected chi connectivity index (χ4v) is 4.21. The number of nitrogens with two attached hydrogens (primary N) is 1. The quantitative estimate of drug-likeness (QED) is 0.204. The molecular weight excluding hydrogens is 446 g/mol. The first-order valence-electron chi connectivity index (χ1n) is 10.9. The molecule has 0 radical (unpaired) electrons. The number of benzene rings is 3. The van der Waals surface area contributed by atoms with Crippen molar-refractivity contribution in [1.29, 1.82) is 0 Å². The number of rotatable bonds is 7. The van der Waals surface area contributed by atoms with Gasteiger partial charge in [0.25, 0.3) is 0 Å². The molecular formula is C27H24ClN5O. The number of hydrogen-bond acceptors (Lipinski definition) is 3. The van der Waals surface area contributed by atoms with Gasteiger partial charge in [-0.05, 0) is 48.0 Å². The number of para-hydroxylation sites is 2. The normalized spacial score (nSPS) is 12.7. The smallest absolute Gasteiger partial charge is 0.131 e. The van der Waals surface area contributed by atoms with Crippen LogP contribution in [0.3, 0.4) is 0 Å². The fourth-order valence-electron chi connectivity index (χ4n) is 4.09. The van der Waals surface area contributed by atoms with Crippen molar-refractivity contribution >= 4 is 28.3 Å². The number of aromatic amines is 2. The molecule has 5 rings (SSSR count). The molecule has 0 aliphatic carbocycles. The minimum atomic E-state index is -0.321. The zero-order valence-electron chi connectivity index (χ0n) is 18.6. The molecule has 170 valence electrons. The summed E-state index contributed by atoms with van der Waals surface area (Å²) in [4.78, 5) is 16.4. The van der Waals surface area contributed by atoms with Gasteiger partial charge < -0.3 is 20.4 Å². The van der Waals surface area contributed by atoms with E-state index < -0.39 is 0 Å². The first-order valence-corrected chi connectivity index (χ1v) is 11.3. The molecule has 3 aromatic carbocycles. The Morgan fingerprint density at radius 2 is 1.82 bits per heavy atom. The highest BCUT2D eigenvalue weighted by Crippen LogP contribution is 2.31. The largest absolute Gasteiger partial charge is 0.496 e. The van der Waals surface area contributed by atoms with Crippen molar-refractivity contribution in [3.05, 3.63) is 107 Å². The van der Waals surface area contributed by atoms with E-state index in [2.05, 4.69) is 27.1 Å². The summed E-state index contributed by atoms with van der Waals surface area (Å²) >= 11 is 6.04. The first kappa shape index (κ1) is 21.8. The standard InChI is InChI=1S/C27H24ClN5O/c1-34-25-9-5-3-7-21(25)24-16-31-27(33-24)23(32-26(29)17-10-12-19(28)13-11-17)14-18-15-30-22-8-4-2-6-20(18)22/h2-13,15-16,23,30H,14H2,1H3,(H2,29,32)(H,31,33)/t23-/m1/s1. The zero-order chi connectivity index (χ0) is 23.5. The maximum Gasteiger partial charge on any atom is 0.131 e. The summed E-state index contributed by atoms with van der Waals surface area (Å²) in [6.45, 7) is 0. The van der Waals surface area contributed by atoms with E-state index in [1.165, 1.54) is 0 Å². The minimum absolute atomic E-state index is 0.321. The minimum Gasteiger partial charge on any atom is -0.496 e. The summed E-state index contributed by atoms with van der Waals surface area (Å²) in [5.41, 5.74) is 11.3. The van der Waals surface area contributed by atoms with E-state index in [9.17, 15) is 0 Å². The van der Waals surface area contributed by atoms with Crippen molar-refractivity contribution in [1.82, 2.24) is 15.0 Å². The van der Waals surface area contributed by atoms with Crippen LogP contribution in [0, 0.1) is 0 Å². The molecule has 0 aliphatic rings. The summed E-state index contributed by atoms with van der Waals surface area (Å²) in [6.07, 6.45) is 4.45. The molecule has 0 saturated heterocycles. The molecule has 2 aromatic heterocycles. The van der Waals surface area contributed by atoms with Gasteiger partial charge in [0, 0.05) is 39.7 Å². The second kappa shape index (κ2) is 9.45. The highest BCUT2D eigenvalue weighted by atomic mass is 35.5. The zero-order valence-corrected chi connectivity index (χ0v) is 19.4. The van der Waals surface area contributed by atoms with Crippen molar-refractivity contribution in [2.75, 3.05) is 7.11 Å². The van der Waals surface area contributed by atoms with E-state index in [1.54, 1.807) is 19.2 Å². The molecule has 0 aliphatic heterocycles. The second-order valence-corrected chi connectivity index (χ2v) is 8.42. The summed E-state index contributed by atoms with van der Waals surface area (Å²) < 4.78 is 5.52.